The molecular formula is C17H14Cl2N2O2. The van der Waals surface area contributed by atoms with Crippen molar-refractivity contribution in [2.24, 2.45) is 0 Å². The summed E-state index contributed by atoms with van der Waals surface area (Å²) in [6, 6.07) is 13.4. The van der Waals surface area contributed by atoms with Crippen LogP contribution in [0.15, 0.2) is 48.5 Å². The molecule has 0 radical (unpaired) electrons. The van der Waals surface area contributed by atoms with E-state index in [9.17, 15) is 9.59 Å². The van der Waals surface area contributed by atoms with Gasteiger partial charge in [-0.2, -0.15) is 0 Å². The first-order valence-electron chi connectivity index (χ1n) is 7.15. The maximum absolute atomic E-state index is 13.0. The van der Waals surface area contributed by atoms with Gasteiger partial charge in [0.2, 0.25) is 0 Å². The summed E-state index contributed by atoms with van der Waals surface area (Å²) in [5, 5.41) is 3.96. The van der Waals surface area contributed by atoms with Crippen LogP contribution in [0.5, 0.6) is 0 Å². The van der Waals surface area contributed by atoms with Crippen LogP contribution in [0.25, 0.3) is 0 Å². The maximum Gasteiger partial charge on any atom is 0.325 e. The Balaban J connectivity index is 2.22. The van der Waals surface area contributed by atoms with E-state index in [1.54, 1.807) is 55.5 Å². The molecule has 1 aliphatic rings. The van der Waals surface area contributed by atoms with Gasteiger partial charge >= 0.3 is 6.03 Å². The average molecular weight is 349 g/mol. The standard InChI is InChI=1S/C17H14Cl2N2O2/c1-2-21-15(22)17(20-16(21)23,11-3-7-13(18)8-4-11)12-5-9-14(19)10-6-12/h3-10H,2H2,1H3,(H,20,23). The molecule has 1 N–H and O–H groups in total. The first-order valence-corrected chi connectivity index (χ1v) is 7.91. The Kier molecular flexibility index (Phi) is 4.04. The van der Waals surface area contributed by atoms with Crippen molar-refractivity contribution < 1.29 is 9.59 Å². The number of imide groups is 1. The van der Waals surface area contributed by atoms with E-state index in [-0.39, 0.29) is 5.91 Å². The molecule has 0 spiro atoms. The second kappa shape index (κ2) is 5.87. The van der Waals surface area contributed by atoms with Crippen LogP contribution >= 0.6 is 23.2 Å². The van der Waals surface area contributed by atoms with Gasteiger partial charge in [-0.1, -0.05) is 47.5 Å². The van der Waals surface area contributed by atoms with Crippen LogP contribution in [0.3, 0.4) is 0 Å². The Morgan fingerprint density at radius 2 is 1.35 bits per heavy atom. The van der Waals surface area contributed by atoms with Gasteiger partial charge in [-0.15, -0.1) is 0 Å². The summed E-state index contributed by atoms with van der Waals surface area (Å²) in [7, 11) is 0. The second-order valence-corrected chi connectivity index (χ2v) is 6.12. The zero-order valence-electron chi connectivity index (χ0n) is 12.3. The summed E-state index contributed by atoms with van der Waals surface area (Å²) < 4.78 is 0. The van der Waals surface area contributed by atoms with Gasteiger partial charge in [0.1, 0.15) is 0 Å². The Labute approximate surface area is 144 Å². The van der Waals surface area contributed by atoms with Crippen molar-refractivity contribution in [3.8, 4) is 0 Å². The number of carbonyl (C=O) groups is 2. The molecule has 0 aromatic heterocycles. The number of rotatable bonds is 3. The molecule has 118 valence electrons. The number of amides is 3. The van der Waals surface area contributed by atoms with Gasteiger partial charge in [-0.05, 0) is 42.3 Å². The molecule has 0 bridgehead atoms. The quantitative estimate of drug-likeness (QED) is 0.857. The Morgan fingerprint density at radius 3 is 1.70 bits per heavy atom. The summed E-state index contributed by atoms with van der Waals surface area (Å²) in [5.74, 6) is -0.311. The van der Waals surface area contributed by atoms with Gasteiger partial charge in [0.15, 0.2) is 5.54 Å². The van der Waals surface area contributed by atoms with Crippen molar-refractivity contribution in [1.82, 2.24) is 10.2 Å². The highest BCUT2D eigenvalue weighted by Crippen LogP contribution is 2.36. The molecule has 1 fully saturated rings. The normalized spacial score (nSPS) is 16.6. The number of hydrogen-bond acceptors (Lipinski definition) is 2. The summed E-state index contributed by atoms with van der Waals surface area (Å²) in [6.45, 7) is 2.06. The molecule has 2 aromatic carbocycles. The van der Waals surface area contributed by atoms with Crippen LogP contribution in [0.2, 0.25) is 10.0 Å². The van der Waals surface area contributed by atoms with Gasteiger partial charge in [0.05, 0.1) is 0 Å². The molecule has 3 amide bonds. The number of likely N-dealkylation sites (N-methyl/N-ethyl adjacent to an activating group) is 1. The second-order valence-electron chi connectivity index (χ2n) is 5.24. The van der Waals surface area contributed by atoms with Gasteiger partial charge in [-0.3, -0.25) is 9.69 Å². The molecule has 1 saturated heterocycles. The molecule has 1 heterocycles. The lowest BCUT2D eigenvalue weighted by atomic mass is 9.82. The van der Waals surface area contributed by atoms with Crippen LogP contribution in [0.4, 0.5) is 4.79 Å². The van der Waals surface area contributed by atoms with E-state index in [1.807, 2.05) is 0 Å². The van der Waals surface area contributed by atoms with Crippen LogP contribution in [0.1, 0.15) is 18.1 Å². The Bertz CT molecular complexity index is 712. The SMILES string of the molecule is CCN1C(=O)NC(c2ccc(Cl)cc2)(c2ccc(Cl)cc2)C1=O. The van der Waals surface area contributed by atoms with Crippen LogP contribution in [-0.4, -0.2) is 23.4 Å². The zero-order chi connectivity index (χ0) is 16.6. The van der Waals surface area contributed by atoms with E-state index in [2.05, 4.69) is 5.32 Å². The fourth-order valence-electron chi connectivity index (χ4n) is 2.82. The average Bonchev–Trinajstić information content (AvgIpc) is 2.80. The summed E-state index contributed by atoms with van der Waals surface area (Å²) in [4.78, 5) is 26.5. The van der Waals surface area contributed by atoms with Crippen LogP contribution < -0.4 is 5.32 Å². The molecule has 2 aromatic rings. The third-order valence-corrected chi connectivity index (χ3v) is 4.48. The van der Waals surface area contributed by atoms with Crippen molar-refractivity contribution in [3.05, 3.63) is 69.7 Å². The highest BCUT2D eigenvalue weighted by Gasteiger charge is 2.53. The first-order chi connectivity index (χ1) is 11.0. The summed E-state index contributed by atoms with van der Waals surface area (Å²) >= 11 is 11.9. The minimum atomic E-state index is -1.26. The van der Waals surface area contributed by atoms with E-state index in [0.717, 1.165) is 0 Å². The first kappa shape index (κ1) is 15.8. The van der Waals surface area contributed by atoms with E-state index in [0.29, 0.717) is 27.7 Å². The lowest BCUT2D eigenvalue weighted by molar-refractivity contribution is -0.130. The topological polar surface area (TPSA) is 49.4 Å². The fourth-order valence-corrected chi connectivity index (χ4v) is 3.07. The predicted octanol–water partition coefficient (Wildman–Crippen LogP) is 3.81. The molecular weight excluding hydrogens is 335 g/mol. The van der Waals surface area contributed by atoms with E-state index in [4.69, 9.17) is 23.2 Å². The number of nitrogens with zero attached hydrogens (tertiary/aromatic N) is 1. The monoisotopic (exact) mass is 348 g/mol. The lowest BCUT2D eigenvalue weighted by Gasteiger charge is -2.28. The summed E-state index contributed by atoms with van der Waals surface area (Å²) in [5.41, 5.74) is 0.0412. The van der Waals surface area contributed by atoms with E-state index < -0.39 is 11.6 Å². The molecule has 0 saturated carbocycles. The van der Waals surface area contributed by atoms with Crippen LogP contribution in [-0.2, 0) is 10.3 Å². The smallest absolute Gasteiger partial charge is 0.315 e. The molecule has 1 aliphatic heterocycles. The number of benzene rings is 2. The lowest BCUT2D eigenvalue weighted by Crippen LogP contribution is -2.45. The maximum atomic E-state index is 13.0. The van der Waals surface area contributed by atoms with Crippen molar-refractivity contribution in [3.63, 3.8) is 0 Å². The van der Waals surface area contributed by atoms with Gasteiger partial charge in [-0.25, -0.2) is 4.79 Å². The molecule has 0 atom stereocenters. The molecule has 0 aliphatic carbocycles. The minimum absolute atomic E-state index is 0.299. The summed E-state index contributed by atoms with van der Waals surface area (Å²) in [6.07, 6.45) is 0. The highest BCUT2D eigenvalue weighted by molar-refractivity contribution is 6.31. The van der Waals surface area contributed by atoms with Crippen molar-refractivity contribution in [2.45, 2.75) is 12.5 Å². The number of nitrogens with one attached hydrogen (secondary N) is 1. The van der Waals surface area contributed by atoms with Crippen molar-refractivity contribution in [1.29, 1.82) is 0 Å². The fraction of sp³-hybridized carbons (Fsp3) is 0.176. The Morgan fingerprint density at radius 1 is 0.913 bits per heavy atom. The molecule has 4 nitrogen and oxygen atoms in total. The third kappa shape index (κ3) is 2.48. The molecule has 0 unspecified atom stereocenters. The van der Waals surface area contributed by atoms with E-state index in [1.165, 1.54) is 4.90 Å². The highest BCUT2D eigenvalue weighted by atomic mass is 35.5. The zero-order valence-corrected chi connectivity index (χ0v) is 13.9. The molecule has 6 heteroatoms. The van der Waals surface area contributed by atoms with Crippen LogP contribution in [0, 0.1) is 0 Å². The number of carbonyl (C=O) groups excluding carboxylic acids is 2. The number of halogens is 2. The minimum Gasteiger partial charge on any atom is -0.315 e. The van der Waals surface area contributed by atoms with Gasteiger partial charge < -0.3 is 5.32 Å². The van der Waals surface area contributed by atoms with Crippen molar-refractivity contribution in [2.75, 3.05) is 6.54 Å². The molecule has 3 rings (SSSR count). The third-order valence-electron chi connectivity index (χ3n) is 3.98. The largest absolute Gasteiger partial charge is 0.325 e. The van der Waals surface area contributed by atoms with Gasteiger partial charge in [0, 0.05) is 16.6 Å². The predicted molar refractivity (Wildman–Crippen MR) is 89.6 cm³/mol. The van der Waals surface area contributed by atoms with Crippen molar-refractivity contribution >= 4 is 35.1 Å². The Hall–Kier alpha value is -2.04. The van der Waals surface area contributed by atoms with E-state index >= 15 is 0 Å². The number of hydrogen-bond donors (Lipinski definition) is 1. The number of urea groups is 1. The van der Waals surface area contributed by atoms with Gasteiger partial charge in [0.25, 0.3) is 5.91 Å². The molecule has 23 heavy (non-hydrogen) atoms.